The summed E-state index contributed by atoms with van der Waals surface area (Å²) in [5, 5.41) is 3.91. The fraction of sp³-hybridized carbons (Fsp3) is 0.625. The van der Waals surface area contributed by atoms with Crippen molar-refractivity contribution in [3.63, 3.8) is 0 Å². The van der Waals surface area contributed by atoms with E-state index in [1.54, 1.807) is 0 Å². The summed E-state index contributed by atoms with van der Waals surface area (Å²) in [4.78, 5) is 0. The minimum atomic E-state index is -0.753. The van der Waals surface area contributed by atoms with Crippen molar-refractivity contribution in [3.05, 3.63) is 35.4 Å². The van der Waals surface area contributed by atoms with Crippen LogP contribution in [0.15, 0.2) is 24.3 Å². The molecule has 1 N–H and O–H groups in total. The van der Waals surface area contributed by atoms with Gasteiger partial charge in [0.25, 0.3) is 0 Å². The molecule has 0 radical (unpaired) electrons. The molecule has 0 saturated heterocycles. The van der Waals surface area contributed by atoms with Crippen molar-refractivity contribution in [1.29, 1.82) is 0 Å². The molecule has 0 bridgehead atoms. The summed E-state index contributed by atoms with van der Waals surface area (Å²) < 4.78 is 12.6. The van der Waals surface area contributed by atoms with Crippen molar-refractivity contribution in [2.24, 2.45) is 0 Å². The Bertz CT molecular complexity index is 433. The molecule has 2 nitrogen and oxygen atoms in total. The van der Waals surface area contributed by atoms with E-state index in [0.29, 0.717) is 17.0 Å². The van der Waals surface area contributed by atoms with Crippen molar-refractivity contribution in [3.8, 4) is 0 Å². The van der Waals surface area contributed by atoms with E-state index in [1.807, 2.05) is 12.1 Å². The Kier molecular flexibility index (Phi) is 5.59. The maximum Gasteiger partial charge on any atom is 0.0504 e. The number of benzene rings is 1. The van der Waals surface area contributed by atoms with Gasteiger partial charge in [-0.05, 0) is 43.9 Å². The lowest BCUT2D eigenvalue weighted by molar-refractivity contribution is 0.523. The standard InChI is InChI=1S/C16H25NOS/c1-3-11-17-15-9-6-10-16(15)19(18)12-14-8-5-4-7-13(14)2/h4-5,7-8,15-17H,3,6,9-12H2,1-2H3. The summed E-state index contributed by atoms with van der Waals surface area (Å²) in [6.07, 6.45) is 4.66. The Labute approximate surface area is 119 Å². The summed E-state index contributed by atoms with van der Waals surface area (Å²) in [7, 11) is -0.753. The Morgan fingerprint density at radius 3 is 2.84 bits per heavy atom. The molecular weight excluding hydrogens is 254 g/mol. The zero-order valence-corrected chi connectivity index (χ0v) is 12.8. The minimum Gasteiger partial charge on any atom is -0.313 e. The van der Waals surface area contributed by atoms with Crippen LogP contribution in [0.1, 0.15) is 43.7 Å². The second kappa shape index (κ2) is 7.20. The average Bonchev–Trinajstić information content (AvgIpc) is 2.87. The first-order valence-electron chi connectivity index (χ1n) is 7.37. The van der Waals surface area contributed by atoms with Crippen LogP contribution in [0.4, 0.5) is 0 Å². The van der Waals surface area contributed by atoms with E-state index in [1.165, 1.54) is 24.0 Å². The highest BCUT2D eigenvalue weighted by Crippen LogP contribution is 2.26. The molecule has 3 heteroatoms. The highest BCUT2D eigenvalue weighted by molar-refractivity contribution is 7.84. The average molecular weight is 279 g/mol. The van der Waals surface area contributed by atoms with Gasteiger partial charge in [-0.15, -0.1) is 0 Å². The van der Waals surface area contributed by atoms with E-state index in [0.717, 1.165) is 19.4 Å². The quantitative estimate of drug-likeness (QED) is 0.866. The first-order valence-corrected chi connectivity index (χ1v) is 8.75. The van der Waals surface area contributed by atoms with Gasteiger partial charge < -0.3 is 5.32 Å². The van der Waals surface area contributed by atoms with Crippen LogP contribution in [0.3, 0.4) is 0 Å². The molecule has 0 heterocycles. The highest BCUT2D eigenvalue weighted by Gasteiger charge is 2.31. The van der Waals surface area contributed by atoms with Gasteiger partial charge in [-0.3, -0.25) is 4.21 Å². The number of aryl methyl sites for hydroxylation is 1. The minimum absolute atomic E-state index is 0.339. The van der Waals surface area contributed by atoms with Crippen LogP contribution in [0, 0.1) is 6.92 Å². The summed E-state index contributed by atoms with van der Waals surface area (Å²) in [6.45, 7) is 5.33. The molecule has 3 atom stereocenters. The monoisotopic (exact) mass is 279 g/mol. The maximum absolute atomic E-state index is 12.6. The summed E-state index contributed by atoms with van der Waals surface area (Å²) >= 11 is 0. The summed E-state index contributed by atoms with van der Waals surface area (Å²) in [6, 6.07) is 8.76. The molecule has 1 aromatic rings. The lowest BCUT2D eigenvalue weighted by atomic mass is 10.1. The normalized spacial score (nSPS) is 24.5. The SMILES string of the molecule is CCCNC1CCCC1S(=O)Cc1ccccc1C. The predicted molar refractivity (Wildman–Crippen MR) is 82.7 cm³/mol. The van der Waals surface area contributed by atoms with E-state index in [4.69, 9.17) is 0 Å². The van der Waals surface area contributed by atoms with Crippen LogP contribution < -0.4 is 5.32 Å². The zero-order chi connectivity index (χ0) is 13.7. The van der Waals surface area contributed by atoms with E-state index in [9.17, 15) is 4.21 Å². The summed E-state index contributed by atoms with van der Waals surface area (Å²) in [5.41, 5.74) is 2.49. The molecule has 0 aliphatic heterocycles. The van der Waals surface area contributed by atoms with Gasteiger partial charge >= 0.3 is 0 Å². The van der Waals surface area contributed by atoms with Crippen LogP contribution in [-0.4, -0.2) is 22.0 Å². The third kappa shape index (κ3) is 3.90. The number of nitrogens with one attached hydrogen (secondary N) is 1. The van der Waals surface area contributed by atoms with Crippen molar-refractivity contribution in [2.45, 2.75) is 56.6 Å². The number of hydrogen-bond donors (Lipinski definition) is 1. The molecule has 0 spiro atoms. The Morgan fingerprint density at radius 2 is 2.11 bits per heavy atom. The topological polar surface area (TPSA) is 29.1 Å². The lowest BCUT2D eigenvalue weighted by Gasteiger charge is -2.20. The van der Waals surface area contributed by atoms with Crippen LogP contribution in [-0.2, 0) is 16.6 Å². The van der Waals surface area contributed by atoms with Gasteiger partial charge in [-0.2, -0.15) is 0 Å². The predicted octanol–water partition coefficient (Wildman–Crippen LogP) is 3.16. The van der Waals surface area contributed by atoms with Gasteiger partial charge in [-0.25, -0.2) is 0 Å². The maximum atomic E-state index is 12.6. The molecule has 1 aliphatic rings. The number of hydrogen-bond acceptors (Lipinski definition) is 2. The molecule has 3 unspecified atom stereocenters. The molecule has 19 heavy (non-hydrogen) atoms. The van der Waals surface area contributed by atoms with E-state index in [-0.39, 0.29) is 0 Å². The van der Waals surface area contributed by atoms with Gasteiger partial charge in [-0.1, -0.05) is 37.6 Å². The van der Waals surface area contributed by atoms with Crippen LogP contribution in [0.5, 0.6) is 0 Å². The Hall–Kier alpha value is -0.670. The van der Waals surface area contributed by atoms with Gasteiger partial charge in [0.15, 0.2) is 0 Å². The van der Waals surface area contributed by atoms with Gasteiger partial charge in [0.2, 0.25) is 0 Å². The molecule has 0 aromatic heterocycles. The second-order valence-electron chi connectivity index (χ2n) is 5.48. The fourth-order valence-electron chi connectivity index (χ4n) is 2.84. The Balaban J connectivity index is 1.97. The van der Waals surface area contributed by atoms with Crippen LogP contribution >= 0.6 is 0 Å². The molecule has 1 aromatic carbocycles. The lowest BCUT2D eigenvalue weighted by Crippen LogP contribution is -2.38. The molecule has 1 aliphatic carbocycles. The van der Waals surface area contributed by atoms with Gasteiger partial charge in [0.05, 0.1) is 5.25 Å². The van der Waals surface area contributed by atoms with Crippen molar-refractivity contribution >= 4 is 10.8 Å². The number of rotatable bonds is 6. The molecule has 1 fully saturated rings. The van der Waals surface area contributed by atoms with E-state index in [2.05, 4.69) is 31.3 Å². The van der Waals surface area contributed by atoms with E-state index < -0.39 is 10.8 Å². The largest absolute Gasteiger partial charge is 0.313 e. The third-order valence-electron chi connectivity index (χ3n) is 4.01. The van der Waals surface area contributed by atoms with Crippen molar-refractivity contribution < 1.29 is 4.21 Å². The fourth-order valence-corrected chi connectivity index (χ4v) is 4.71. The molecule has 2 rings (SSSR count). The molecule has 1 saturated carbocycles. The van der Waals surface area contributed by atoms with Crippen molar-refractivity contribution in [1.82, 2.24) is 5.32 Å². The van der Waals surface area contributed by atoms with Crippen molar-refractivity contribution in [2.75, 3.05) is 6.54 Å². The third-order valence-corrected chi connectivity index (χ3v) is 5.84. The smallest absolute Gasteiger partial charge is 0.0504 e. The zero-order valence-electron chi connectivity index (χ0n) is 12.0. The van der Waals surface area contributed by atoms with E-state index >= 15 is 0 Å². The summed E-state index contributed by atoms with van der Waals surface area (Å²) in [5.74, 6) is 0.710. The Morgan fingerprint density at radius 1 is 1.32 bits per heavy atom. The van der Waals surface area contributed by atoms with Gasteiger partial charge in [0.1, 0.15) is 0 Å². The molecule has 0 amide bonds. The first kappa shape index (κ1) is 14.7. The molecular formula is C16H25NOS. The van der Waals surface area contributed by atoms with Crippen LogP contribution in [0.2, 0.25) is 0 Å². The van der Waals surface area contributed by atoms with Gasteiger partial charge in [0, 0.05) is 22.6 Å². The second-order valence-corrected chi connectivity index (χ2v) is 7.14. The first-order chi connectivity index (χ1) is 9.22. The molecule has 106 valence electrons. The van der Waals surface area contributed by atoms with Crippen LogP contribution in [0.25, 0.3) is 0 Å². The highest BCUT2D eigenvalue weighted by atomic mass is 32.2.